The SMILES string of the molecule is CNC1C(=O)Nc2cc(N3CCS(=O)CC3)c(Br)cc21. The molecule has 2 heterocycles. The highest BCUT2D eigenvalue weighted by molar-refractivity contribution is 9.10. The minimum absolute atomic E-state index is 0.0219. The van der Waals surface area contributed by atoms with Crippen molar-refractivity contribution in [1.29, 1.82) is 0 Å². The van der Waals surface area contributed by atoms with Crippen LogP contribution in [0.25, 0.3) is 0 Å². The summed E-state index contributed by atoms with van der Waals surface area (Å²) >= 11 is 3.59. The maximum atomic E-state index is 11.9. The lowest BCUT2D eigenvalue weighted by atomic mass is 10.1. The fourth-order valence-electron chi connectivity index (χ4n) is 2.68. The molecule has 0 radical (unpaired) electrons. The quantitative estimate of drug-likeness (QED) is 0.835. The molecule has 1 unspecified atom stereocenters. The monoisotopic (exact) mass is 357 g/mol. The Hall–Kier alpha value is -0.920. The number of carbonyl (C=O) groups excluding carboxylic acids is 1. The van der Waals surface area contributed by atoms with Gasteiger partial charge in [0.2, 0.25) is 5.91 Å². The number of nitrogens with one attached hydrogen (secondary N) is 2. The molecule has 1 fully saturated rings. The summed E-state index contributed by atoms with van der Waals surface area (Å²) in [4.78, 5) is 14.1. The molecule has 1 amide bonds. The molecule has 2 aliphatic rings. The first kappa shape index (κ1) is 14.0. The molecule has 0 spiro atoms. The van der Waals surface area contributed by atoms with E-state index < -0.39 is 10.8 Å². The minimum atomic E-state index is -0.690. The van der Waals surface area contributed by atoms with Crippen molar-refractivity contribution in [2.24, 2.45) is 0 Å². The van der Waals surface area contributed by atoms with E-state index in [4.69, 9.17) is 0 Å². The molecular weight excluding hydrogens is 342 g/mol. The normalized spacial score (nSPS) is 22.8. The average molecular weight is 358 g/mol. The molecule has 3 rings (SSSR count). The summed E-state index contributed by atoms with van der Waals surface area (Å²) in [5.74, 6) is 1.38. The van der Waals surface area contributed by atoms with Gasteiger partial charge in [-0.25, -0.2) is 0 Å². The van der Waals surface area contributed by atoms with Crippen molar-refractivity contribution >= 4 is 44.0 Å². The number of nitrogens with zero attached hydrogens (tertiary/aromatic N) is 1. The number of hydrogen-bond donors (Lipinski definition) is 2. The van der Waals surface area contributed by atoms with Gasteiger partial charge in [0.25, 0.3) is 0 Å². The van der Waals surface area contributed by atoms with Crippen molar-refractivity contribution < 1.29 is 9.00 Å². The second kappa shape index (κ2) is 5.46. The van der Waals surface area contributed by atoms with E-state index in [0.29, 0.717) is 11.5 Å². The van der Waals surface area contributed by atoms with Crippen LogP contribution in [0, 0.1) is 0 Å². The van der Waals surface area contributed by atoms with Crippen molar-refractivity contribution in [2.75, 3.05) is 41.9 Å². The number of halogens is 1. The molecular formula is C13H16BrN3O2S. The number of anilines is 2. The molecule has 1 saturated heterocycles. The summed E-state index contributed by atoms with van der Waals surface area (Å²) in [5, 5.41) is 5.92. The molecule has 0 aromatic heterocycles. The molecule has 5 nitrogen and oxygen atoms in total. The van der Waals surface area contributed by atoms with E-state index in [1.54, 1.807) is 7.05 Å². The van der Waals surface area contributed by atoms with Crippen LogP contribution in [0.4, 0.5) is 11.4 Å². The maximum absolute atomic E-state index is 11.9. The predicted molar refractivity (Wildman–Crippen MR) is 84.7 cm³/mol. The van der Waals surface area contributed by atoms with Crippen LogP contribution in [0.3, 0.4) is 0 Å². The number of rotatable bonds is 2. The summed E-state index contributed by atoms with van der Waals surface area (Å²) in [6.45, 7) is 1.57. The van der Waals surface area contributed by atoms with E-state index in [9.17, 15) is 9.00 Å². The average Bonchev–Trinajstić information content (AvgIpc) is 2.73. The second-order valence-corrected chi connectivity index (χ2v) is 7.49. The summed E-state index contributed by atoms with van der Waals surface area (Å²) in [5.41, 5.74) is 2.88. The first-order valence-corrected chi connectivity index (χ1v) is 8.79. The van der Waals surface area contributed by atoms with Gasteiger partial charge in [0.1, 0.15) is 6.04 Å². The summed E-state index contributed by atoms with van der Waals surface area (Å²) in [7, 11) is 1.09. The summed E-state index contributed by atoms with van der Waals surface area (Å²) in [6.07, 6.45) is 0. The molecule has 7 heteroatoms. The maximum Gasteiger partial charge on any atom is 0.246 e. The summed E-state index contributed by atoms with van der Waals surface area (Å²) in [6, 6.07) is 3.71. The van der Waals surface area contributed by atoms with E-state index in [1.807, 2.05) is 12.1 Å². The van der Waals surface area contributed by atoms with Crippen LogP contribution in [0.2, 0.25) is 0 Å². The van der Waals surface area contributed by atoms with Crippen LogP contribution in [0.1, 0.15) is 11.6 Å². The lowest BCUT2D eigenvalue weighted by Crippen LogP contribution is -2.37. The Morgan fingerprint density at radius 2 is 2.10 bits per heavy atom. The van der Waals surface area contributed by atoms with Crippen LogP contribution in [0.5, 0.6) is 0 Å². The smallest absolute Gasteiger partial charge is 0.246 e. The highest BCUT2D eigenvalue weighted by Crippen LogP contribution is 2.39. The zero-order valence-electron chi connectivity index (χ0n) is 11.1. The molecule has 0 saturated carbocycles. The van der Waals surface area contributed by atoms with E-state index in [2.05, 4.69) is 31.5 Å². The van der Waals surface area contributed by atoms with E-state index in [-0.39, 0.29) is 11.9 Å². The largest absolute Gasteiger partial charge is 0.369 e. The Morgan fingerprint density at radius 1 is 1.40 bits per heavy atom. The van der Waals surface area contributed by atoms with Gasteiger partial charge >= 0.3 is 0 Å². The molecule has 20 heavy (non-hydrogen) atoms. The van der Waals surface area contributed by atoms with Gasteiger partial charge in [-0.2, -0.15) is 0 Å². The van der Waals surface area contributed by atoms with Gasteiger partial charge in [0.15, 0.2) is 0 Å². The van der Waals surface area contributed by atoms with E-state index in [1.165, 1.54) is 0 Å². The van der Waals surface area contributed by atoms with Gasteiger partial charge in [0.05, 0.1) is 5.69 Å². The summed E-state index contributed by atoms with van der Waals surface area (Å²) < 4.78 is 12.4. The highest BCUT2D eigenvalue weighted by Gasteiger charge is 2.31. The van der Waals surface area contributed by atoms with E-state index >= 15 is 0 Å². The fourth-order valence-corrected chi connectivity index (χ4v) is 4.34. The second-order valence-electron chi connectivity index (χ2n) is 4.94. The molecule has 0 aliphatic carbocycles. The number of fused-ring (bicyclic) bond motifs is 1. The third-order valence-electron chi connectivity index (χ3n) is 3.76. The van der Waals surface area contributed by atoms with Crippen LogP contribution in [0.15, 0.2) is 16.6 Å². The fraction of sp³-hybridized carbons (Fsp3) is 0.462. The zero-order valence-corrected chi connectivity index (χ0v) is 13.5. The minimum Gasteiger partial charge on any atom is -0.369 e. The van der Waals surface area contributed by atoms with Crippen LogP contribution in [-0.4, -0.2) is 41.8 Å². The Labute approximate surface area is 128 Å². The molecule has 2 N–H and O–H groups in total. The number of likely N-dealkylation sites (N-methyl/N-ethyl adjacent to an activating group) is 1. The molecule has 0 bridgehead atoms. The van der Waals surface area contributed by atoms with Gasteiger partial charge < -0.3 is 15.5 Å². The predicted octanol–water partition coefficient (Wildman–Crippen LogP) is 1.23. The Kier molecular flexibility index (Phi) is 3.83. The zero-order chi connectivity index (χ0) is 14.3. The van der Waals surface area contributed by atoms with Crippen LogP contribution in [-0.2, 0) is 15.6 Å². The number of benzene rings is 1. The first-order chi connectivity index (χ1) is 9.60. The van der Waals surface area contributed by atoms with Crippen molar-refractivity contribution in [3.63, 3.8) is 0 Å². The van der Waals surface area contributed by atoms with Gasteiger partial charge in [0, 0.05) is 51.1 Å². The highest BCUT2D eigenvalue weighted by atomic mass is 79.9. The molecule has 1 atom stereocenters. The molecule has 108 valence electrons. The van der Waals surface area contributed by atoms with Gasteiger partial charge in [-0.15, -0.1) is 0 Å². The Balaban J connectivity index is 1.93. The van der Waals surface area contributed by atoms with E-state index in [0.717, 1.165) is 34.5 Å². The van der Waals surface area contributed by atoms with Crippen molar-refractivity contribution in [3.05, 3.63) is 22.2 Å². The third-order valence-corrected chi connectivity index (χ3v) is 5.67. The molecule has 2 aliphatic heterocycles. The van der Waals surface area contributed by atoms with Crippen molar-refractivity contribution in [1.82, 2.24) is 5.32 Å². The van der Waals surface area contributed by atoms with Crippen LogP contribution < -0.4 is 15.5 Å². The topological polar surface area (TPSA) is 61.4 Å². The Bertz CT molecular complexity index is 583. The number of hydrogen-bond acceptors (Lipinski definition) is 4. The number of carbonyl (C=O) groups is 1. The van der Waals surface area contributed by atoms with Gasteiger partial charge in [-0.1, -0.05) is 0 Å². The molecule has 1 aromatic rings. The standard InChI is InChI=1S/C13H16BrN3O2S/c1-15-12-8-6-9(14)11(7-10(8)16-13(12)18)17-2-4-20(19)5-3-17/h6-7,12,15H,2-5H2,1H3,(H,16,18). The van der Waals surface area contributed by atoms with Crippen molar-refractivity contribution in [2.45, 2.75) is 6.04 Å². The molecule has 1 aromatic carbocycles. The van der Waals surface area contributed by atoms with Gasteiger partial charge in [-0.3, -0.25) is 9.00 Å². The van der Waals surface area contributed by atoms with Gasteiger partial charge in [-0.05, 0) is 35.1 Å². The third kappa shape index (κ3) is 2.38. The Morgan fingerprint density at radius 3 is 2.75 bits per heavy atom. The number of amides is 1. The van der Waals surface area contributed by atoms with Crippen LogP contribution >= 0.6 is 15.9 Å². The lowest BCUT2D eigenvalue weighted by molar-refractivity contribution is -0.117. The lowest BCUT2D eigenvalue weighted by Gasteiger charge is -2.29. The van der Waals surface area contributed by atoms with Crippen molar-refractivity contribution in [3.8, 4) is 0 Å². The first-order valence-electron chi connectivity index (χ1n) is 6.51.